The molecule has 2 heterocycles. The van der Waals surface area contributed by atoms with Crippen molar-refractivity contribution in [2.75, 3.05) is 38.8 Å². The first kappa shape index (κ1) is 19.7. The van der Waals surface area contributed by atoms with Crippen LogP contribution in [0.15, 0.2) is 29.4 Å². The molecule has 148 valence electrons. The Kier molecular flexibility index (Phi) is 5.45. The van der Waals surface area contributed by atoms with Crippen LogP contribution in [0.2, 0.25) is 0 Å². The van der Waals surface area contributed by atoms with E-state index in [2.05, 4.69) is 15.2 Å². The van der Waals surface area contributed by atoms with Crippen LogP contribution in [0.1, 0.15) is 16.7 Å². The van der Waals surface area contributed by atoms with E-state index in [0.717, 1.165) is 31.5 Å². The summed E-state index contributed by atoms with van der Waals surface area (Å²) in [7, 11) is -1.36. The largest absolute Gasteiger partial charge is 0.496 e. The molecule has 2 aliphatic rings. The molecule has 0 fully saturated rings. The van der Waals surface area contributed by atoms with Gasteiger partial charge in [0.25, 0.3) is 0 Å². The number of amidine groups is 1. The summed E-state index contributed by atoms with van der Waals surface area (Å²) in [5.41, 5.74) is 15.4. The van der Waals surface area contributed by atoms with Crippen molar-refractivity contribution in [2.45, 2.75) is 18.6 Å². The third-order valence-corrected chi connectivity index (χ3v) is 5.89. The number of nitrogens with one attached hydrogen (secondary N) is 1. The molecule has 0 bridgehead atoms. The van der Waals surface area contributed by atoms with Gasteiger partial charge < -0.3 is 20.7 Å². The Balaban J connectivity index is 1.86. The first-order chi connectivity index (χ1) is 12.7. The van der Waals surface area contributed by atoms with Gasteiger partial charge in [-0.3, -0.25) is 5.73 Å². The van der Waals surface area contributed by atoms with E-state index in [1.54, 1.807) is 19.4 Å². The number of benzene rings is 1. The smallest absolute Gasteiger partial charge is 0.214 e. The zero-order valence-electron chi connectivity index (χ0n) is 15.7. The lowest BCUT2D eigenvalue weighted by Gasteiger charge is -2.30. The van der Waals surface area contributed by atoms with Crippen molar-refractivity contribution < 1.29 is 13.2 Å². The van der Waals surface area contributed by atoms with E-state index >= 15 is 0 Å². The van der Waals surface area contributed by atoms with E-state index in [1.165, 1.54) is 17.4 Å². The van der Waals surface area contributed by atoms with Crippen LogP contribution >= 0.6 is 0 Å². The number of rotatable bonds is 5. The van der Waals surface area contributed by atoms with Crippen LogP contribution in [0.5, 0.6) is 5.75 Å². The van der Waals surface area contributed by atoms with Crippen molar-refractivity contribution in [3.63, 3.8) is 0 Å². The number of methoxy groups -OCH3 is 1. The van der Waals surface area contributed by atoms with Crippen molar-refractivity contribution in [3.8, 4) is 5.75 Å². The van der Waals surface area contributed by atoms with E-state index < -0.39 is 15.6 Å². The van der Waals surface area contributed by atoms with E-state index in [9.17, 15) is 8.42 Å². The summed E-state index contributed by atoms with van der Waals surface area (Å²) in [6.45, 7) is 2.15. The minimum Gasteiger partial charge on any atom is -0.496 e. The summed E-state index contributed by atoms with van der Waals surface area (Å²) in [4.78, 5) is 6.54. The Labute approximate surface area is 160 Å². The SMILES string of the molecule is COc1cc2c(cc1C1(N)N=C(N)C=CN1)CCN(CCS(C)(=O)=O)CC2. The zero-order valence-corrected chi connectivity index (χ0v) is 16.6. The van der Waals surface area contributed by atoms with Gasteiger partial charge in [0.05, 0.1) is 18.4 Å². The second kappa shape index (κ2) is 7.49. The molecule has 8 nitrogen and oxygen atoms in total. The fraction of sp³-hybridized carbons (Fsp3) is 0.500. The molecule has 1 unspecified atom stereocenters. The second-order valence-electron chi connectivity index (χ2n) is 7.07. The molecule has 5 N–H and O–H groups in total. The maximum atomic E-state index is 11.5. The van der Waals surface area contributed by atoms with Crippen molar-refractivity contribution in [1.82, 2.24) is 10.2 Å². The average molecular weight is 394 g/mol. The lowest BCUT2D eigenvalue weighted by molar-refractivity contribution is 0.304. The average Bonchev–Trinajstić information content (AvgIpc) is 2.80. The number of hydrogen-bond acceptors (Lipinski definition) is 8. The van der Waals surface area contributed by atoms with Gasteiger partial charge in [-0.25, -0.2) is 13.4 Å². The molecule has 1 atom stereocenters. The van der Waals surface area contributed by atoms with Gasteiger partial charge in [-0.05, 0) is 42.2 Å². The van der Waals surface area contributed by atoms with Gasteiger partial charge in [-0.15, -0.1) is 0 Å². The molecule has 0 amide bonds. The van der Waals surface area contributed by atoms with Crippen LogP contribution in [-0.2, 0) is 28.5 Å². The number of sulfone groups is 1. The Hall–Kier alpha value is -2.10. The van der Waals surface area contributed by atoms with Gasteiger partial charge in [0.15, 0.2) is 0 Å². The number of hydrogen-bond donors (Lipinski definition) is 3. The molecule has 0 aromatic heterocycles. The van der Waals surface area contributed by atoms with Crippen LogP contribution in [0, 0.1) is 0 Å². The van der Waals surface area contributed by atoms with E-state index in [4.69, 9.17) is 16.2 Å². The van der Waals surface area contributed by atoms with E-state index in [-0.39, 0.29) is 5.75 Å². The Morgan fingerprint density at radius 2 is 1.96 bits per heavy atom. The van der Waals surface area contributed by atoms with Crippen molar-refractivity contribution in [3.05, 3.63) is 41.1 Å². The molecule has 0 saturated heterocycles. The number of nitrogens with zero attached hydrogens (tertiary/aromatic N) is 2. The topological polar surface area (TPSA) is 123 Å². The molecule has 2 aliphatic heterocycles. The molecule has 27 heavy (non-hydrogen) atoms. The summed E-state index contributed by atoms with van der Waals surface area (Å²) in [5.74, 6) is -0.00405. The third-order valence-electron chi connectivity index (χ3n) is 4.97. The van der Waals surface area contributed by atoms with Crippen molar-refractivity contribution in [2.24, 2.45) is 16.5 Å². The van der Waals surface area contributed by atoms with Crippen LogP contribution in [0.3, 0.4) is 0 Å². The highest BCUT2D eigenvalue weighted by molar-refractivity contribution is 7.90. The van der Waals surface area contributed by atoms with Crippen molar-refractivity contribution >= 4 is 15.7 Å². The molecule has 1 aromatic rings. The summed E-state index contributed by atoms with van der Waals surface area (Å²) < 4.78 is 28.5. The van der Waals surface area contributed by atoms with Gasteiger partial charge in [-0.1, -0.05) is 0 Å². The quantitative estimate of drug-likeness (QED) is 0.627. The van der Waals surface area contributed by atoms with Gasteiger partial charge in [0.1, 0.15) is 21.4 Å². The van der Waals surface area contributed by atoms with Gasteiger partial charge >= 0.3 is 0 Å². The summed E-state index contributed by atoms with van der Waals surface area (Å²) >= 11 is 0. The van der Waals surface area contributed by atoms with Gasteiger partial charge in [0, 0.05) is 32.1 Å². The molecular weight excluding hydrogens is 366 g/mol. The Morgan fingerprint density at radius 1 is 1.30 bits per heavy atom. The van der Waals surface area contributed by atoms with Crippen LogP contribution in [0.4, 0.5) is 0 Å². The minimum absolute atomic E-state index is 0.175. The Morgan fingerprint density at radius 3 is 2.56 bits per heavy atom. The molecule has 0 aliphatic carbocycles. The normalized spacial score (nSPS) is 23.1. The monoisotopic (exact) mass is 393 g/mol. The molecule has 0 radical (unpaired) electrons. The second-order valence-corrected chi connectivity index (χ2v) is 9.33. The van der Waals surface area contributed by atoms with E-state index in [1.807, 2.05) is 12.1 Å². The fourth-order valence-electron chi connectivity index (χ4n) is 3.45. The lowest BCUT2D eigenvalue weighted by atomic mass is 9.95. The molecule has 0 saturated carbocycles. The van der Waals surface area contributed by atoms with Gasteiger partial charge in [-0.2, -0.15) is 0 Å². The highest BCUT2D eigenvalue weighted by atomic mass is 32.2. The first-order valence-corrected chi connectivity index (χ1v) is 10.9. The van der Waals surface area contributed by atoms with Crippen molar-refractivity contribution in [1.29, 1.82) is 0 Å². The standard InChI is InChI=1S/C18H27N5O3S/c1-26-16-12-14-5-8-23(9-10-27(2,24)25)7-4-13(14)11-15(16)18(20)21-6-3-17(19)22-18/h3,6,11-12,21H,4-5,7-10,20H2,1-2H3,(H2,19,22). The zero-order chi connectivity index (χ0) is 19.7. The number of aliphatic imine (C=N–C) groups is 1. The highest BCUT2D eigenvalue weighted by Crippen LogP contribution is 2.33. The van der Waals surface area contributed by atoms with Crippen LogP contribution < -0.4 is 21.5 Å². The predicted molar refractivity (Wildman–Crippen MR) is 106 cm³/mol. The Bertz CT molecular complexity index is 881. The number of ether oxygens (including phenoxy) is 1. The molecule has 0 spiro atoms. The number of nitrogens with two attached hydrogens (primary N) is 2. The predicted octanol–water partition coefficient (Wildman–Crippen LogP) is -0.316. The summed E-state index contributed by atoms with van der Waals surface area (Å²) in [6.07, 6.45) is 6.24. The molecular formula is C18H27N5O3S. The summed E-state index contributed by atoms with van der Waals surface area (Å²) in [5, 5.41) is 3.06. The van der Waals surface area contributed by atoms with Crippen LogP contribution in [-0.4, -0.2) is 57.9 Å². The lowest BCUT2D eigenvalue weighted by Crippen LogP contribution is -2.49. The third kappa shape index (κ3) is 4.60. The van der Waals surface area contributed by atoms with Crippen LogP contribution in [0.25, 0.3) is 0 Å². The molecule has 3 rings (SSSR count). The molecule has 1 aromatic carbocycles. The minimum atomic E-state index is -2.97. The first-order valence-electron chi connectivity index (χ1n) is 8.89. The maximum absolute atomic E-state index is 11.5. The molecule has 9 heteroatoms. The summed E-state index contributed by atoms with van der Waals surface area (Å²) in [6, 6.07) is 4.03. The highest BCUT2D eigenvalue weighted by Gasteiger charge is 2.32. The fourth-order valence-corrected chi connectivity index (χ4v) is 4.04. The van der Waals surface area contributed by atoms with Gasteiger partial charge in [0.2, 0.25) is 5.79 Å². The maximum Gasteiger partial charge on any atom is 0.214 e. The number of fused-ring (bicyclic) bond motifs is 1. The van der Waals surface area contributed by atoms with E-state index in [0.29, 0.717) is 18.1 Å².